The Kier molecular flexibility index (Phi) is 1.24. The molecule has 1 saturated heterocycles. The SMILES string of the molecule is CC1(C)CNC1C(=O)O. The predicted molar refractivity (Wildman–Crippen MR) is 33.2 cm³/mol. The Bertz CT molecular complexity index is 142. The monoisotopic (exact) mass is 129 g/mol. The summed E-state index contributed by atoms with van der Waals surface area (Å²) in [5.74, 6) is -0.744. The first kappa shape index (κ1) is 6.55. The van der Waals surface area contributed by atoms with Crippen molar-refractivity contribution in [2.24, 2.45) is 5.41 Å². The van der Waals surface area contributed by atoms with Crippen molar-refractivity contribution in [1.29, 1.82) is 0 Å². The fourth-order valence-corrected chi connectivity index (χ4v) is 1.03. The van der Waals surface area contributed by atoms with Crippen molar-refractivity contribution in [1.82, 2.24) is 5.32 Å². The van der Waals surface area contributed by atoms with Crippen molar-refractivity contribution in [3.63, 3.8) is 0 Å². The summed E-state index contributed by atoms with van der Waals surface area (Å²) in [7, 11) is 0. The molecular weight excluding hydrogens is 118 g/mol. The van der Waals surface area contributed by atoms with Crippen LogP contribution in [0.4, 0.5) is 0 Å². The maximum Gasteiger partial charge on any atom is 0.321 e. The van der Waals surface area contributed by atoms with Gasteiger partial charge in [0, 0.05) is 12.0 Å². The molecule has 1 heterocycles. The summed E-state index contributed by atoms with van der Waals surface area (Å²) in [6, 6.07) is -0.336. The number of carboxylic acids is 1. The van der Waals surface area contributed by atoms with E-state index >= 15 is 0 Å². The fourth-order valence-electron chi connectivity index (χ4n) is 1.03. The smallest absolute Gasteiger partial charge is 0.321 e. The molecule has 52 valence electrons. The Morgan fingerprint density at radius 3 is 2.33 bits per heavy atom. The molecule has 3 heteroatoms. The Morgan fingerprint density at radius 1 is 1.78 bits per heavy atom. The van der Waals surface area contributed by atoms with E-state index in [9.17, 15) is 4.79 Å². The summed E-state index contributed by atoms with van der Waals surface area (Å²) in [5.41, 5.74) is -0.0498. The van der Waals surface area contributed by atoms with E-state index in [2.05, 4.69) is 5.32 Å². The Morgan fingerprint density at radius 2 is 2.33 bits per heavy atom. The van der Waals surface area contributed by atoms with Gasteiger partial charge in [-0.05, 0) is 0 Å². The molecule has 0 radical (unpaired) electrons. The molecule has 0 aromatic rings. The highest BCUT2D eigenvalue weighted by molar-refractivity contribution is 5.75. The van der Waals surface area contributed by atoms with Crippen LogP contribution in [0.3, 0.4) is 0 Å². The fraction of sp³-hybridized carbons (Fsp3) is 0.833. The minimum atomic E-state index is -0.744. The third-order valence-corrected chi connectivity index (χ3v) is 1.79. The molecule has 0 spiro atoms. The first-order valence-corrected chi connectivity index (χ1v) is 3.00. The molecule has 1 unspecified atom stereocenters. The standard InChI is InChI=1S/C6H11NO2/c1-6(2)3-7-4(6)5(8)9/h4,7H,3H2,1-2H3,(H,8,9). The number of carboxylic acid groups (broad SMARTS) is 1. The Labute approximate surface area is 54.1 Å². The van der Waals surface area contributed by atoms with Gasteiger partial charge in [0.1, 0.15) is 6.04 Å². The van der Waals surface area contributed by atoms with Gasteiger partial charge in [-0.3, -0.25) is 4.79 Å². The van der Waals surface area contributed by atoms with Crippen LogP contribution < -0.4 is 5.32 Å². The van der Waals surface area contributed by atoms with Gasteiger partial charge >= 0.3 is 5.97 Å². The lowest BCUT2D eigenvalue weighted by molar-refractivity contribution is -0.146. The highest BCUT2D eigenvalue weighted by Crippen LogP contribution is 2.27. The topological polar surface area (TPSA) is 49.3 Å². The van der Waals surface area contributed by atoms with E-state index in [1.54, 1.807) is 0 Å². The van der Waals surface area contributed by atoms with Gasteiger partial charge < -0.3 is 10.4 Å². The van der Waals surface area contributed by atoms with Crippen LogP contribution in [0, 0.1) is 5.41 Å². The molecule has 0 aliphatic carbocycles. The lowest BCUT2D eigenvalue weighted by Crippen LogP contribution is -2.63. The second kappa shape index (κ2) is 1.70. The molecule has 1 aliphatic heterocycles. The minimum Gasteiger partial charge on any atom is -0.480 e. The van der Waals surface area contributed by atoms with Crippen molar-refractivity contribution in [3.05, 3.63) is 0 Å². The van der Waals surface area contributed by atoms with Crippen LogP contribution >= 0.6 is 0 Å². The second-order valence-corrected chi connectivity index (χ2v) is 3.14. The molecule has 0 aromatic heterocycles. The molecule has 1 atom stereocenters. The van der Waals surface area contributed by atoms with Gasteiger partial charge in [0.2, 0.25) is 0 Å². The number of aliphatic carboxylic acids is 1. The molecular formula is C6H11NO2. The molecule has 0 saturated carbocycles. The molecule has 0 amide bonds. The summed E-state index contributed by atoms with van der Waals surface area (Å²) in [4.78, 5) is 10.3. The van der Waals surface area contributed by atoms with Gasteiger partial charge in [-0.25, -0.2) is 0 Å². The molecule has 1 fully saturated rings. The summed E-state index contributed by atoms with van der Waals surface area (Å²) < 4.78 is 0. The average molecular weight is 129 g/mol. The van der Waals surface area contributed by atoms with Gasteiger partial charge in [0.25, 0.3) is 0 Å². The summed E-state index contributed by atoms with van der Waals surface area (Å²) in [6.45, 7) is 4.70. The van der Waals surface area contributed by atoms with Gasteiger partial charge in [-0.1, -0.05) is 13.8 Å². The first-order chi connectivity index (χ1) is 4.04. The van der Waals surface area contributed by atoms with Crippen molar-refractivity contribution in [3.8, 4) is 0 Å². The molecule has 3 nitrogen and oxygen atoms in total. The van der Waals surface area contributed by atoms with Crippen LogP contribution in [0.1, 0.15) is 13.8 Å². The van der Waals surface area contributed by atoms with E-state index in [-0.39, 0.29) is 11.5 Å². The van der Waals surface area contributed by atoms with E-state index < -0.39 is 5.97 Å². The van der Waals surface area contributed by atoms with Crippen molar-refractivity contribution >= 4 is 5.97 Å². The van der Waals surface area contributed by atoms with E-state index in [0.717, 1.165) is 6.54 Å². The van der Waals surface area contributed by atoms with Gasteiger partial charge in [-0.15, -0.1) is 0 Å². The van der Waals surface area contributed by atoms with Gasteiger partial charge in [0.15, 0.2) is 0 Å². The predicted octanol–water partition coefficient (Wildman–Crippen LogP) is 0.0690. The first-order valence-electron chi connectivity index (χ1n) is 3.00. The lowest BCUT2D eigenvalue weighted by Gasteiger charge is -2.42. The number of carbonyl (C=O) groups is 1. The number of rotatable bonds is 1. The largest absolute Gasteiger partial charge is 0.480 e. The third kappa shape index (κ3) is 0.920. The van der Waals surface area contributed by atoms with Gasteiger partial charge in [-0.2, -0.15) is 0 Å². The normalized spacial score (nSPS) is 31.1. The molecule has 2 N–H and O–H groups in total. The van der Waals surface area contributed by atoms with E-state index in [1.807, 2.05) is 13.8 Å². The lowest BCUT2D eigenvalue weighted by atomic mass is 9.77. The minimum absolute atomic E-state index is 0.0498. The maximum atomic E-state index is 10.3. The van der Waals surface area contributed by atoms with Crippen LogP contribution in [0.5, 0.6) is 0 Å². The molecule has 0 aromatic carbocycles. The number of hydrogen-bond donors (Lipinski definition) is 2. The van der Waals surface area contributed by atoms with E-state index in [4.69, 9.17) is 5.11 Å². The molecule has 1 aliphatic rings. The van der Waals surface area contributed by atoms with Crippen LogP contribution in [0.2, 0.25) is 0 Å². The van der Waals surface area contributed by atoms with Gasteiger partial charge in [0.05, 0.1) is 0 Å². The summed E-state index contributed by atoms with van der Waals surface area (Å²) in [6.07, 6.45) is 0. The second-order valence-electron chi connectivity index (χ2n) is 3.14. The number of nitrogens with one attached hydrogen (secondary N) is 1. The average Bonchev–Trinajstić information content (AvgIpc) is 1.62. The third-order valence-electron chi connectivity index (χ3n) is 1.79. The van der Waals surface area contributed by atoms with Crippen molar-refractivity contribution in [2.75, 3.05) is 6.54 Å². The van der Waals surface area contributed by atoms with Crippen molar-refractivity contribution < 1.29 is 9.90 Å². The zero-order valence-corrected chi connectivity index (χ0v) is 5.64. The zero-order chi connectivity index (χ0) is 7.07. The van der Waals surface area contributed by atoms with E-state index in [1.165, 1.54) is 0 Å². The van der Waals surface area contributed by atoms with Crippen LogP contribution in [-0.4, -0.2) is 23.7 Å². The quantitative estimate of drug-likeness (QED) is 0.526. The highest BCUT2D eigenvalue weighted by Gasteiger charge is 2.42. The number of hydrogen-bond acceptors (Lipinski definition) is 2. The zero-order valence-electron chi connectivity index (χ0n) is 5.64. The Balaban J connectivity index is 2.55. The van der Waals surface area contributed by atoms with Crippen LogP contribution in [-0.2, 0) is 4.79 Å². The van der Waals surface area contributed by atoms with E-state index in [0.29, 0.717) is 0 Å². The summed E-state index contributed by atoms with van der Waals surface area (Å²) in [5, 5.41) is 11.3. The van der Waals surface area contributed by atoms with Crippen LogP contribution in [0.15, 0.2) is 0 Å². The highest BCUT2D eigenvalue weighted by atomic mass is 16.4. The van der Waals surface area contributed by atoms with Crippen LogP contribution in [0.25, 0.3) is 0 Å². The van der Waals surface area contributed by atoms with Crippen molar-refractivity contribution in [2.45, 2.75) is 19.9 Å². The molecule has 1 rings (SSSR count). The summed E-state index contributed by atoms with van der Waals surface area (Å²) >= 11 is 0. The molecule has 0 bridgehead atoms. The molecule has 9 heavy (non-hydrogen) atoms. The maximum absolute atomic E-state index is 10.3. The Hall–Kier alpha value is -0.570.